The molecule has 8 heavy (non-hydrogen) atoms. The molecule has 0 bridgehead atoms. The number of hydrogen-bond donors (Lipinski definition) is 1. The minimum Gasteiger partial charge on any atom is -0.355 e. The van der Waals surface area contributed by atoms with Crippen molar-refractivity contribution >= 4 is 5.88 Å². The minimum atomic E-state index is 0.630. The number of aryl methyl sites for hydroxylation is 1. The Morgan fingerprint density at radius 3 is 2.62 bits per heavy atom. The average Bonchev–Trinajstić information content (AvgIpc) is 2.14. The van der Waals surface area contributed by atoms with Gasteiger partial charge in [0.2, 0.25) is 5.88 Å². The lowest BCUT2D eigenvalue weighted by Crippen LogP contribution is -1.86. The third-order valence-corrected chi connectivity index (χ3v) is 0.879. The second kappa shape index (κ2) is 1.81. The molecule has 0 radical (unpaired) electrons. The Bertz CT molecular complexity index is 172. The highest BCUT2D eigenvalue weighted by Crippen LogP contribution is 2.06. The van der Waals surface area contributed by atoms with Gasteiger partial charge in [0.15, 0.2) is 0 Å². The number of nitrogens with one attached hydrogen (secondary N) is 1. The van der Waals surface area contributed by atoms with E-state index in [0.717, 1.165) is 5.69 Å². The Morgan fingerprint density at radius 2 is 2.38 bits per heavy atom. The lowest BCUT2D eigenvalue weighted by molar-refractivity contribution is 0.405. The zero-order valence-corrected chi connectivity index (χ0v) is 4.80. The molecule has 1 aromatic heterocycles. The summed E-state index contributed by atoms with van der Waals surface area (Å²) in [7, 11) is 1.76. The van der Waals surface area contributed by atoms with Crippen LogP contribution in [0.2, 0.25) is 0 Å². The molecular formula is C4H7N3O. The number of aromatic nitrogens is 2. The highest BCUT2D eigenvalue weighted by Gasteiger charge is 1.98. The van der Waals surface area contributed by atoms with Crippen molar-refractivity contribution in [3.8, 4) is 0 Å². The maximum atomic E-state index is 4.64. The third kappa shape index (κ3) is 0.641. The molecule has 0 aliphatic rings. The van der Waals surface area contributed by atoms with Gasteiger partial charge in [-0.15, -0.1) is 5.10 Å². The number of rotatable bonds is 1. The number of hydrogen-bond acceptors (Lipinski definition) is 4. The van der Waals surface area contributed by atoms with E-state index in [1.165, 1.54) is 0 Å². The molecule has 4 heteroatoms. The molecule has 1 rings (SSSR count). The van der Waals surface area contributed by atoms with Crippen LogP contribution in [0.25, 0.3) is 0 Å². The van der Waals surface area contributed by atoms with E-state index < -0.39 is 0 Å². The summed E-state index contributed by atoms with van der Waals surface area (Å²) in [5.74, 6) is 0.630. The van der Waals surface area contributed by atoms with Crippen molar-refractivity contribution in [3.63, 3.8) is 0 Å². The van der Waals surface area contributed by atoms with E-state index in [4.69, 9.17) is 0 Å². The Morgan fingerprint density at radius 1 is 1.62 bits per heavy atom. The molecule has 4 nitrogen and oxygen atoms in total. The van der Waals surface area contributed by atoms with Gasteiger partial charge in [-0.25, -0.2) is 0 Å². The largest absolute Gasteiger partial charge is 0.355 e. The number of nitrogens with zero attached hydrogens (tertiary/aromatic N) is 2. The second-order valence-corrected chi connectivity index (χ2v) is 1.44. The molecule has 1 heterocycles. The summed E-state index contributed by atoms with van der Waals surface area (Å²) >= 11 is 0. The topological polar surface area (TPSA) is 51.0 Å². The minimum absolute atomic E-state index is 0.630. The quantitative estimate of drug-likeness (QED) is 0.573. The molecule has 0 unspecified atom stereocenters. The smallest absolute Gasteiger partial charge is 0.248 e. The zero-order chi connectivity index (χ0) is 5.98. The van der Waals surface area contributed by atoms with Crippen molar-refractivity contribution in [2.75, 3.05) is 12.4 Å². The maximum Gasteiger partial charge on any atom is 0.248 e. The summed E-state index contributed by atoms with van der Waals surface area (Å²) in [5, 5.41) is 9.70. The van der Waals surface area contributed by atoms with Gasteiger partial charge in [-0.2, -0.15) is 0 Å². The Hall–Kier alpha value is -1.06. The molecule has 1 aromatic rings. The lowest BCUT2D eigenvalue weighted by Gasteiger charge is -1.86. The van der Waals surface area contributed by atoms with Crippen LogP contribution >= 0.6 is 0 Å². The fraction of sp³-hybridized carbons (Fsp3) is 0.500. The van der Waals surface area contributed by atoms with Gasteiger partial charge in [0, 0.05) is 12.3 Å². The van der Waals surface area contributed by atoms with Crippen molar-refractivity contribution in [1.82, 2.24) is 10.4 Å². The van der Waals surface area contributed by atoms with E-state index in [1.54, 1.807) is 7.05 Å². The first-order chi connectivity index (χ1) is 3.84. The van der Waals surface area contributed by atoms with Crippen molar-refractivity contribution in [2.45, 2.75) is 6.92 Å². The fourth-order valence-corrected chi connectivity index (χ4v) is 0.460. The molecule has 44 valence electrons. The van der Waals surface area contributed by atoms with Crippen molar-refractivity contribution < 1.29 is 4.52 Å². The van der Waals surface area contributed by atoms with Crippen LogP contribution in [0.3, 0.4) is 0 Å². The Balaban J connectivity index is 2.92. The molecule has 0 fully saturated rings. The van der Waals surface area contributed by atoms with Crippen LogP contribution in [0.1, 0.15) is 5.69 Å². The summed E-state index contributed by atoms with van der Waals surface area (Å²) < 4.78 is 4.64. The fourth-order valence-electron chi connectivity index (χ4n) is 0.460. The number of anilines is 1. The predicted octanol–water partition coefficient (Wildman–Crippen LogP) is 0.420. The van der Waals surface area contributed by atoms with Crippen LogP contribution in [0.4, 0.5) is 5.88 Å². The highest BCUT2D eigenvalue weighted by atomic mass is 16.5. The third-order valence-electron chi connectivity index (χ3n) is 0.879. The van der Waals surface area contributed by atoms with E-state index in [2.05, 4.69) is 20.2 Å². The van der Waals surface area contributed by atoms with Crippen LogP contribution in [-0.2, 0) is 0 Å². The zero-order valence-electron chi connectivity index (χ0n) is 4.80. The lowest BCUT2D eigenvalue weighted by atomic mass is 10.5. The molecule has 0 aliphatic carbocycles. The SMILES string of the molecule is CNc1onnc1C. The second-order valence-electron chi connectivity index (χ2n) is 1.44. The molecule has 0 aliphatic heterocycles. The van der Waals surface area contributed by atoms with Gasteiger partial charge in [0.1, 0.15) is 5.69 Å². The van der Waals surface area contributed by atoms with Gasteiger partial charge < -0.3 is 9.84 Å². The molecule has 0 amide bonds. The molecule has 0 aromatic carbocycles. The molecule has 1 N–H and O–H groups in total. The van der Waals surface area contributed by atoms with Crippen LogP contribution in [0.15, 0.2) is 4.52 Å². The van der Waals surface area contributed by atoms with Gasteiger partial charge in [-0.1, -0.05) is 0 Å². The van der Waals surface area contributed by atoms with E-state index in [-0.39, 0.29) is 0 Å². The summed E-state index contributed by atoms with van der Waals surface area (Å²) in [6, 6.07) is 0. The highest BCUT2D eigenvalue weighted by molar-refractivity contribution is 5.32. The van der Waals surface area contributed by atoms with Crippen LogP contribution in [-0.4, -0.2) is 17.4 Å². The van der Waals surface area contributed by atoms with Crippen LogP contribution in [0.5, 0.6) is 0 Å². The standard InChI is InChI=1S/C4H7N3O/c1-3-4(5-2)8-7-6-3/h5H,1-2H3. The predicted molar refractivity (Wildman–Crippen MR) is 28.6 cm³/mol. The summed E-state index contributed by atoms with van der Waals surface area (Å²) in [5.41, 5.74) is 0.785. The summed E-state index contributed by atoms with van der Waals surface area (Å²) in [4.78, 5) is 0. The van der Waals surface area contributed by atoms with E-state index >= 15 is 0 Å². The summed E-state index contributed by atoms with van der Waals surface area (Å²) in [6.07, 6.45) is 0. The van der Waals surface area contributed by atoms with Crippen molar-refractivity contribution in [3.05, 3.63) is 5.69 Å². The van der Waals surface area contributed by atoms with Gasteiger partial charge in [0.25, 0.3) is 0 Å². The Kier molecular flexibility index (Phi) is 1.15. The van der Waals surface area contributed by atoms with E-state index in [0.29, 0.717) is 5.88 Å². The van der Waals surface area contributed by atoms with E-state index in [1.807, 2.05) is 6.92 Å². The van der Waals surface area contributed by atoms with Crippen molar-refractivity contribution in [1.29, 1.82) is 0 Å². The van der Waals surface area contributed by atoms with Gasteiger partial charge in [-0.05, 0) is 6.92 Å². The average molecular weight is 113 g/mol. The first-order valence-electron chi connectivity index (χ1n) is 2.31. The van der Waals surface area contributed by atoms with Gasteiger partial charge >= 0.3 is 0 Å². The van der Waals surface area contributed by atoms with Gasteiger partial charge in [-0.3, -0.25) is 0 Å². The normalized spacial score (nSPS) is 9.25. The van der Waals surface area contributed by atoms with E-state index in [9.17, 15) is 0 Å². The monoisotopic (exact) mass is 113 g/mol. The molecular weight excluding hydrogens is 106 g/mol. The molecule has 0 saturated heterocycles. The molecule has 0 atom stereocenters. The van der Waals surface area contributed by atoms with Crippen LogP contribution < -0.4 is 5.32 Å². The van der Waals surface area contributed by atoms with Crippen LogP contribution in [0, 0.1) is 6.92 Å². The van der Waals surface area contributed by atoms with Gasteiger partial charge in [0.05, 0.1) is 0 Å². The molecule has 0 spiro atoms. The van der Waals surface area contributed by atoms with Crippen molar-refractivity contribution in [2.24, 2.45) is 0 Å². The first-order valence-corrected chi connectivity index (χ1v) is 2.31. The summed E-state index contributed by atoms with van der Waals surface area (Å²) in [6.45, 7) is 1.82. The maximum absolute atomic E-state index is 4.64. The molecule has 0 saturated carbocycles. The Labute approximate surface area is 46.9 Å². The first kappa shape index (κ1) is 5.08.